The van der Waals surface area contributed by atoms with Crippen LogP contribution in [0, 0.1) is 25.2 Å². The van der Waals surface area contributed by atoms with E-state index in [4.69, 9.17) is 4.74 Å². The molecule has 0 saturated carbocycles. The number of ether oxygens (including phenoxy) is 1. The SMILES string of the molecule is Cc1c(C#N)c(NC(=O)C[NH+]2CCc3ccccc3C2)n(C[C@H]2CCCO2)c1C. The Bertz CT molecular complexity index is 951. The van der Waals surface area contributed by atoms with Crippen LogP contribution in [-0.2, 0) is 29.0 Å². The number of hydrogen-bond donors (Lipinski definition) is 2. The number of quaternary nitrogens is 1. The van der Waals surface area contributed by atoms with Gasteiger partial charge in [0, 0.05) is 24.3 Å². The summed E-state index contributed by atoms with van der Waals surface area (Å²) in [6.07, 6.45) is 3.22. The zero-order valence-corrected chi connectivity index (χ0v) is 17.3. The third-order valence-electron chi connectivity index (χ3n) is 6.33. The van der Waals surface area contributed by atoms with Gasteiger partial charge < -0.3 is 19.5 Å². The monoisotopic (exact) mass is 393 g/mol. The number of anilines is 1. The number of fused-ring (bicyclic) bond motifs is 1. The molecule has 2 atom stereocenters. The summed E-state index contributed by atoms with van der Waals surface area (Å²) in [5.74, 6) is 0.585. The second-order valence-corrected chi connectivity index (χ2v) is 8.21. The minimum absolute atomic E-state index is 0.0398. The lowest BCUT2D eigenvalue weighted by molar-refractivity contribution is -0.907. The molecule has 1 saturated heterocycles. The standard InChI is InChI=1S/C23H28N4O2/c1-16-17(2)27(14-20-8-5-11-29-20)23(21(16)12-24)25-22(28)15-26-10-9-18-6-3-4-7-19(18)13-26/h3-4,6-7,20H,5,8-11,13-15H2,1-2H3,(H,25,28)/p+1/t20-/m1/s1. The molecule has 1 unspecified atom stereocenters. The minimum atomic E-state index is -0.0398. The van der Waals surface area contributed by atoms with E-state index in [9.17, 15) is 10.1 Å². The number of carbonyl (C=O) groups excluding carboxylic acids is 1. The highest BCUT2D eigenvalue weighted by Crippen LogP contribution is 2.28. The van der Waals surface area contributed by atoms with Gasteiger partial charge in [-0.3, -0.25) is 4.79 Å². The molecule has 2 aromatic rings. The Morgan fingerprint density at radius 1 is 1.34 bits per heavy atom. The number of amides is 1. The maximum absolute atomic E-state index is 12.9. The zero-order chi connectivity index (χ0) is 20.4. The quantitative estimate of drug-likeness (QED) is 0.813. The van der Waals surface area contributed by atoms with Crippen LogP contribution in [0.2, 0.25) is 0 Å². The van der Waals surface area contributed by atoms with E-state index in [1.807, 2.05) is 13.8 Å². The fourth-order valence-corrected chi connectivity index (χ4v) is 4.55. The van der Waals surface area contributed by atoms with Gasteiger partial charge in [0.15, 0.2) is 6.54 Å². The van der Waals surface area contributed by atoms with Gasteiger partial charge in [-0.1, -0.05) is 24.3 Å². The Hall–Kier alpha value is -2.62. The number of aromatic nitrogens is 1. The van der Waals surface area contributed by atoms with Crippen molar-refractivity contribution in [1.29, 1.82) is 5.26 Å². The molecular weight excluding hydrogens is 364 g/mol. The fourth-order valence-electron chi connectivity index (χ4n) is 4.55. The molecule has 0 spiro atoms. The highest BCUT2D eigenvalue weighted by Gasteiger charge is 2.26. The molecule has 0 radical (unpaired) electrons. The Morgan fingerprint density at radius 2 is 2.14 bits per heavy atom. The lowest BCUT2D eigenvalue weighted by Gasteiger charge is -2.25. The van der Waals surface area contributed by atoms with Crippen molar-refractivity contribution < 1.29 is 14.4 Å². The summed E-state index contributed by atoms with van der Waals surface area (Å²) >= 11 is 0. The van der Waals surface area contributed by atoms with Crippen LogP contribution in [0.1, 0.15) is 40.8 Å². The van der Waals surface area contributed by atoms with Crippen molar-refractivity contribution in [2.75, 3.05) is 25.0 Å². The van der Waals surface area contributed by atoms with Crippen LogP contribution in [0.15, 0.2) is 24.3 Å². The molecule has 1 aromatic heterocycles. The molecule has 6 heteroatoms. The summed E-state index contributed by atoms with van der Waals surface area (Å²) in [6.45, 7) is 7.64. The number of carbonyl (C=O) groups is 1. The summed E-state index contributed by atoms with van der Waals surface area (Å²) in [5, 5.41) is 12.8. The molecule has 0 bridgehead atoms. The number of rotatable bonds is 5. The predicted octanol–water partition coefficient (Wildman–Crippen LogP) is 1.74. The number of nitriles is 1. The Morgan fingerprint density at radius 3 is 2.86 bits per heavy atom. The molecule has 1 fully saturated rings. The van der Waals surface area contributed by atoms with E-state index < -0.39 is 0 Å². The highest BCUT2D eigenvalue weighted by atomic mass is 16.5. The first kappa shape index (κ1) is 19.7. The van der Waals surface area contributed by atoms with E-state index in [-0.39, 0.29) is 12.0 Å². The topological polar surface area (TPSA) is 71.5 Å². The molecule has 0 aliphatic carbocycles. The number of benzene rings is 1. The van der Waals surface area contributed by atoms with Gasteiger partial charge in [-0.15, -0.1) is 0 Å². The molecule has 152 valence electrons. The lowest BCUT2D eigenvalue weighted by Crippen LogP contribution is -3.12. The minimum Gasteiger partial charge on any atom is -0.376 e. The van der Waals surface area contributed by atoms with Gasteiger partial charge >= 0.3 is 0 Å². The van der Waals surface area contributed by atoms with Gasteiger partial charge in [0.05, 0.1) is 24.8 Å². The molecule has 2 aliphatic heterocycles. The molecule has 1 amide bonds. The van der Waals surface area contributed by atoms with Gasteiger partial charge in [-0.25, -0.2) is 0 Å². The number of nitrogens with one attached hydrogen (secondary N) is 2. The van der Waals surface area contributed by atoms with E-state index in [1.165, 1.54) is 16.0 Å². The number of hydrogen-bond acceptors (Lipinski definition) is 3. The van der Waals surface area contributed by atoms with Crippen molar-refractivity contribution in [2.45, 2.75) is 52.3 Å². The lowest BCUT2D eigenvalue weighted by atomic mass is 10.00. The summed E-state index contributed by atoms with van der Waals surface area (Å²) in [7, 11) is 0. The van der Waals surface area contributed by atoms with Crippen LogP contribution >= 0.6 is 0 Å². The molecule has 29 heavy (non-hydrogen) atoms. The average molecular weight is 394 g/mol. The second-order valence-electron chi connectivity index (χ2n) is 8.21. The van der Waals surface area contributed by atoms with Crippen molar-refractivity contribution in [1.82, 2.24) is 4.57 Å². The summed E-state index contributed by atoms with van der Waals surface area (Å²) in [5.41, 5.74) is 5.23. The summed E-state index contributed by atoms with van der Waals surface area (Å²) in [4.78, 5) is 14.1. The molecule has 1 aromatic carbocycles. The van der Waals surface area contributed by atoms with Crippen LogP contribution in [-0.4, -0.2) is 36.3 Å². The smallest absolute Gasteiger partial charge is 0.280 e. The van der Waals surface area contributed by atoms with E-state index >= 15 is 0 Å². The van der Waals surface area contributed by atoms with Crippen molar-refractivity contribution in [3.63, 3.8) is 0 Å². The van der Waals surface area contributed by atoms with Gasteiger partial charge in [-0.2, -0.15) is 5.26 Å². The fraction of sp³-hybridized carbons (Fsp3) is 0.478. The van der Waals surface area contributed by atoms with Crippen molar-refractivity contribution in [3.8, 4) is 6.07 Å². The maximum Gasteiger partial charge on any atom is 0.280 e. The first-order valence-corrected chi connectivity index (χ1v) is 10.5. The Labute approximate surface area is 172 Å². The first-order valence-electron chi connectivity index (χ1n) is 10.5. The van der Waals surface area contributed by atoms with Gasteiger partial charge in [0.25, 0.3) is 5.91 Å². The van der Waals surface area contributed by atoms with E-state index in [1.54, 1.807) is 0 Å². The first-order chi connectivity index (χ1) is 14.1. The van der Waals surface area contributed by atoms with Crippen LogP contribution in [0.5, 0.6) is 0 Å². The molecule has 2 aliphatic rings. The van der Waals surface area contributed by atoms with Crippen LogP contribution in [0.25, 0.3) is 0 Å². The Kier molecular flexibility index (Phi) is 5.70. The van der Waals surface area contributed by atoms with Gasteiger partial charge in [0.2, 0.25) is 0 Å². The average Bonchev–Trinajstić information content (AvgIpc) is 3.31. The highest BCUT2D eigenvalue weighted by molar-refractivity contribution is 5.92. The second kappa shape index (κ2) is 8.40. The van der Waals surface area contributed by atoms with E-state index in [0.717, 1.165) is 50.2 Å². The normalized spacial score (nSPS) is 20.9. The summed E-state index contributed by atoms with van der Waals surface area (Å²) < 4.78 is 7.85. The molecule has 2 N–H and O–H groups in total. The Balaban J connectivity index is 1.49. The number of nitrogens with zero attached hydrogens (tertiary/aromatic N) is 2. The van der Waals surface area contributed by atoms with Crippen molar-refractivity contribution >= 4 is 11.7 Å². The summed E-state index contributed by atoms with van der Waals surface area (Å²) in [6, 6.07) is 10.8. The molecular formula is C23H29N4O2+. The van der Waals surface area contributed by atoms with Crippen LogP contribution in [0.4, 0.5) is 5.82 Å². The molecule has 4 rings (SSSR count). The van der Waals surface area contributed by atoms with E-state index in [0.29, 0.717) is 24.5 Å². The third-order valence-corrected chi connectivity index (χ3v) is 6.33. The van der Waals surface area contributed by atoms with E-state index in [2.05, 4.69) is 40.2 Å². The van der Waals surface area contributed by atoms with Gasteiger partial charge in [0.1, 0.15) is 18.4 Å². The third kappa shape index (κ3) is 4.07. The molecule has 6 nitrogen and oxygen atoms in total. The van der Waals surface area contributed by atoms with Crippen molar-refractivity contribution in [2.24, 2.45) is 0 Å². The van der Waals surface area contributed by atoms with Crippen LogP contribution < -0.4 is 10.2 Å². The molecule has 3 heterocycles. The zero-order valence-electron chi connectivity index (χ0n) is 17.3. The van der Waals surface area contributed by atoms with Crippen LogP contribution in [0.3, 0.4) is 0 Å². The predicted molar refractivity (Wildman–Crippen MR) is 111 cm³/mol. The van der Waals surface area contributed by atoms with Gasteiger partial charge in [-0.05, 0) is 37.8 Å². The largest absolute Gasteiger partial charge is 0.376 e. The van der Waals surface area contributed by atoms with Crippen molar-refractivity contribution in [3.05, 3.63) is 52.2 Å². The maximum atomic E-state index is 12.9.